The molecule has 20 heavy (non-hydrogen) atoms. The largest absolute Gasteiger partial charge is 0.359 e. The van der Waals surface area contributed by atoms with Gasteiger partial charge in [-0.2, -0.15) is 0 Å². The Bertz CT molecular complexity index is 726. The predicted octanol–water partition coefficient (Wildman–Crippen LogP) is 2.32. The summed E-state index contributed by atoms with van der Waals surface area (Å²) in [6.07, 6.45) is 4.41. The Balaban J connectivity index is 1.50. The zero-order valence-electron chi connectivity index (χ0n) is 11.1. The Hall–Kier alpha value is -2.14. The van der Waals surface area contributed by atoms with Crippen molar-refractivity contribution in [3.63, 3.8) is 0 Å². The number of hydrogen-bond donors (Lipinski definition) is 1. The van der Waals surface area contributed by atoms with Crippen molar-refractivity contribution in [1.29, 1.82) is 0 Å². The molecule has 1 aliphatic rings. The molecule has 0 radical (unpaired) electrons. The van der Waals surface area contributed by atoms with Gasteiger partial charge in [-0.1, -0.05) is 17.3 Å². The van der Waals surface area contributed by atoms with Gasteiger partial charge in [-0.25, -0.2) is 4.98 Å². The van der Waals surface area contributed by atoms with Crippen LogP contribution in [0, 0.1) is 0 Å². The highest BCUT2D eigenvalue weighted by Gasteiger charge is 2.20. The van der Waals surface area contributed by atoms with Gasteiger partial charge in [-0.15, -0.1) is 0 Å². The molecule has 3 aromatic rings. The van der Waals surface area contributed by atoms with Gasteiger partial charge in [0, 0.05) is 18.7 Å². The number of fused-ring (bicyclic) bond motifs is 1. The smallest absolute Gasteiger partial charge is 0.156 e. The van der Waals surface area contributed by atoms with Crippen molar-refractivity contribution in [2.24, 2.45) is 0 Å². The van der Waals surface area contributed by atoms with Crippen LogP contribution in [-0.4, -0.2) is 20.7 Å². The Morgan fingerprint density at radius 3 is 3.10 bits per heavy atom. The van der Waals surface area contributed by atoms with Crippen LogP contribution in [0.15, 0.2) is 41.2 Å². The zero-order valence-corrected chi connectivity index (χ0v) is 11.1. The molecular weight excluding hydrogens is 252 g/mol. The molecule has 1 N–H and O–H groups in total. The Kier molecular flexibility index (Phi) is 2.77. The Morgan fingerprint density at radius 1 is 1.30 bits per heavy atom. The quantitative estimate of drug-likeness (QED) is 0.771. The van der Waals surface area contributed by atoms with Crippen molar-refractivity contribution in [2.45, 2.75) is 32.0 Å². The number of imidazole rings is 1. The molecule has 0 unspecified atom stereocenters. The number of hydrogen-bond acceptors (Lipinski definition) is 4. The van der Waals surface area contributed by atoms with Crippen LogP contribution >= 0.6 is 0 Å². The van der Waals surface area contributed by atoms with Crippen LogP contribution in [0.5, 0.6) is 0 Å². The molecule has 5 heteroatoms. The first-order valence-corrected chi connectivity index (χ1v) is 6.96. The molecule has 0 spiro atoms. The lowest BCUT2D eigenvalue weighted by Crippen LogP contribution is -2.15. The highest BCUT2D eigenvalue weighted by molar-refractivity contribution is 5.74. The molecule has 102 valence electrons. The second-order valence-corrected chi connectivity index (χ2v) is 5.30. The lowest BCUT2D eigenvalue weighted by molar-refractivity contribution is 0.370. The number of rotatable bonds is 5. The third-order valence-electron chi connectivity index (χ3n) is 3.61. The lowest BCUT2D eigenvalue weighted by atomic mass is 10.3. The molecule has 1 fully saturated rings. The average Bonchev–Trinajstić information content (AvgIpc) is 3.06. The van der Waals surface area contributed by atoms with Gasteiger partial charge in [0.1, 0.15) is 0 Å². The van der Waals surface area contributed by atoms with E-state index in [1.807, 2.05) is 30.6 Å². The standard InChI is InChI=1S/C15H16N4O/c1-2-4-15-14(3-1)17-10-19(15)9-13-7-12(18-20-13)8-16-11-5-6-11/h1-4,7,10-11,16H,5-6,8-9H2. The zero-order chi connectivity index (χ0) is 13.4. The fraction of sp³-hybridized carbons (Fsp3) is 0.333. The average molecular weight is 268 g/mol. The van der Waals surface area contributed by atoms with Crippen LogP contribution in [0.1, 0.15) is 24.3 Å². The second-order valence-electron chi connectivity index (χ2n) is 5.30. The highest BCUT2D eigenvalue weighted by Crippen LogP contribution is 2.19. The molecule has 0 amide bonds. The van der Waals surface area contributed by atoms with Crippen LogP contribution in [0.2, 0.25) is 0 Å². The minimum absolute atomic E-state index is 0.664. The summed E-state index contributed by atoms with van der Waals surface area (Å²) < 4.78 is 7.48. The van der Waals surface area contributed by atoms with Crippen molar-refractivity contribution < 1.29 is 4.52 Å². The molecule has 0 bridgehead atoms. The van der Waals surface area contributed by atoms with Crippen LogP contribution in [-0.2, 0) is 13.1 Å². The number of nitrogens with one attached hydrogen (secondary N) is 1. The number of aromatic nitrogens is 3. The monoisotopic (exact) mass is 268 g/mol. The minimum Gasteiger partial charge on any atom is -0.359 e. The minimum atomic E-state index is 0.664. The molecule has 0 saturated heterocycles. The maximum absolute atomic E-state index is 5.40. The Morgan fingerprint density at radius 2 is 2.20 bits per heavy atom. The predicted molar refractivity (Wildman–Crippen MR) is 75.2 cm³/mol. The van der Waals surface area contributed by atoms with Crippen LogP contribution in [0.4, 0.5) is 0 Å². The molecule has 1 saturated carbocycles. The molecule has 1 aromatic carbocycles. The molecular formula is C15H16N4O. The number of nitrogens with zero attached hydrogens (tertiary/aromatic N) is 3. The van der Waals surface area contributed by atoms with Gasteiger partial charge in [-0.3, -0.25) is 0 Å². The summed E-state index contributed by atoms with van der Waals surface area (Å²) >= 11 is 0. The van der Waals surface area contributed by atoms with Gasteiger partial charge < -0.3 is 14.4 Å². The summed E-state index contributed by atoms with van der Waals surface area (Å²) in [5.41, 5.74) is 3.08. The molecule has 5 nitrogen and oxygen atoms in total. The van der Waals surface area contributed by atoms with Crippen LogP contribution < -0.4 is 5.32 Å². The normalized spacial score (nSPS) is 15.0. The maximum atomic E-state index is 5.40. The fourth-order valence-corrected chi connectivity index (χ4v) is 2.35. The van der Waals surface area contributed by atoms with Gasteiger partial charge in [0.25, 0.3) is 0 Å². The molecule has 0 aliphatic heterocycles. The molecule has 0 atom stereocenters. The SMILES string of the molecule is c1ccc2c(c1)ncn2Cc1cc(CNC2CC2)no1. The number of para-hydroxylation sites is 2. The van der Waals surface area contributed by atoms with E-state index >= 15 is 0 Å². The van der Waals surface area contributed by atoms with E-state index in [0.717, 1.165) is 29.0 Å². The van der Waals surface area contributed by atoms with Crippen molar-refractivity contribution in [2.75, 3.05) is 0 Å². The van der Waals surface area contributed by atoms with Crippen molar-refractivity contribution in [3.05, 3.63) is 48.1 Å². The van der Waals surface area contributed by atoms with Gasteiger partial charge in [0.2, 0.25) is 0 Å². The van der Waals surface area contributed by atoms with Crippen LogP contribution in [0.25, 0.3) is 11.0 Å². The first kappa shape index (κ1) is 11.7. The first-order valence-electron chi connectivity index (χ1n) is 6.96. The highest BCUT2D eigenvalue weighted by atomic mass is 16.5. The maximum Gasteiger partial charge on any atom is 0.156 e. The second kappa shape index (κ2) is 4.76. The van der Waals surface area contributed by atoms with Gasteiger partial charge >= 0.3 is 0 Å². The Labute approximate surface area is 116 Å². The van der Waals surface area contributed by atoms with E-state index < -0.39 is 0 Å². The van der Waals surface area contributed by atoms with E-state index in [4.69, 9.17) is 4.52 Å². The lowest BCUT2D eigenvalue weighted by Gasteiger charge is -1.99. The van der Waals surface area contributed by atoms with Crippen molar-refractivity contribution >= 4 is 11.0 Å². The molecule has 4 rings (SSSR count). The summed E-state index contributed by atoms with van der Waals surface area (Å²) in [7, 11) is 0. The topological polar surface area (TPSA) is 55.9 Å². The summed E-state index contributed by atoms with van der Waals surface area (Å²) in [6, 6.07) is 10.8. The summed E-state index contributed by atoms with van der Waals surface area (Å²) in [5, 5.41) is 7.54. The third-order valence-corrected chi connectivity index (χ3v) is 3.61. The summed E-state index contributed by atoms with van der Waals surface area (Å²) in [6.45, 7) is 1.45. The molecule has 1 aliphatic carbocycles. The third kappa shape index (κ3) is 2.32. The van der Waals surface area contributed by atoms with E-state index in [0.29, 0.717) is 12.6 Å². The molecule has 2 heterocycles. The van der Waals surface area contributed by atoms with Gasteiger partial charge in [-0.05, 0) is 25.0 Å². The van der Waals surface area contributed by atoms with E-state index in [1.165, 1.54) is 12.8 Å². The fourth-order valence-electron chi connectivity index (χ4n) is 2.35. The van der Waals surface area contributed by atoms with Crippen LogP contribution in [0.3, 0.4) is 0 Å². The summed E-state index contributed by atoms with van der Waals surface area (Å²) in [4.78, 5) is 4.38. The number of benzene rings is 1. The van der Waals surface area contributed by atoms with Gasteiger partial charge in [0.15, 0.2) is 5.76 Å². The van der Waals surface area contributed by atoms with E-state index in [9.17, 15) is 0 Å². The first-order chi connectivity index (χ1) is 9.88. The van der Waals surface area contributed by atoms with E-state index in [1.54, 1.807) is 0 Å². The van der Waals surface area contributed by atoms with Crippen molar-refractivity contribution in [3.8, 4) is 0 Å². The molecule has 2 aromatic heterocycles. The van der Waals surface area contributed by atoms with Gasteiger partial charge in [0.05, 0.1) is 29.6 Å². The van der Waals surface area contributed by atoms with E-state index in [2.05, 4.69) is 26.1 Å². The van der Waals surface area contributed by atoms with Crippen molar-refractivity contribution in [1.82, 2.24) is 20.0 Å². The van der Waals surface area contributed by atoms with E-state index in [-0.39, 0.29) is 0 Å². The summed E-state index contributed by atoms with van der Waals surface area (Å²) in [5.74, 6) is 0.862.